The van der Waals surface area contributed by atoms with Gasteiger partial charge in [0.05, 0.1) is 17.2 Å². The fraction of sp³-hybridized carbons (Fsp3) is 0.0556. The molecule has 5 heteroatoms. The number of fused-ring (bicyclic) bond motifs is 4. The minimum Gasteiger partial charge on any atom is -0.438 e. The highest BCUT2D eigenvalue weighted by molar-refractivity contribution is 6.04. The zero-order valence-corrected chi connectivity index (χ0v) is 12.4. The maximum atomic E-state index is 5.87. The Morgan fingerprint density at radius 2 is 2.00 bits per heavy atom. The van der Waals surface area contributed by atoms with E-state index >= 15 is 0 Å². The monoisotopic (exact) mass is 300 g/mol. The molecule has 4 heterocycles. The maximum absolute atomic E-state index is 5.87. The molecule has 0 amide bonds. The molecule has 0 fully saturated rings. The zero-order valence-electron chi connectivity index (χ0n) is 12.4. The standard InChI is InChI=1S/C18H12N4O/c1-22-15-10-19-8-6-14(15)21-17(22)11-4-5-12-13-3-2-7-20-18(13)23-16(12)9-11/h2-10H,1H3. The molecule has 0 saturated carbocycles. The molecule has 0 aliphatic heterocycles. The quantitative estimate of drug-likeness (QED) is 0.470. The summed E-state index contributed by atoms with van der Waals surface area (Å²) in [6.07, 6.45) is 5.33. The molecule has 0 radical (unpaired) electrons. The summed E-state index contributed by atoms with van der Waals surface area (Å²) in [5, 5.41) is 2.10. The zero-order chi connectivity index (χ0) is 15.4. The number of aryl methyl sites for hydroxylation is 1. The first-order valence-corrected chi connectivity index (χ1v) is 7.35. The number of hydrogen-bond donors (Lipinski definition) is 0. The van der Waals surface area contributed by atoms with Crippen molar-refractivity contribution in [2.75, 3.05) is 0 Å². The number of aromatic nitrogens is 4. The van der Waals surface area contributed by atoms with E-state index in [0.717, 1.165) is 38.8 Å². The van der Waals surface area contributed by atoms with Crippen LogP contribution in [0.25, 0.3) is 44.5 Å². The molecule has 0 saturated heterocycles. The van der Waals surface area contributed by atoms with Crippen LogP contribution in [0, 0.1) is 0 Å². The second-order valence-corrected chi connectivity index (χ2v) is 5.53. The third kappa shape index (κ3) is 1.70. The highest BCUT2D eigenvalue weighted by atomic mass is 16.3. The summed E-state index contributed by atoms with van der Waals surface area (Å²) in [6.45, 7) is 0. The number of rotatable bonds is 1. The fourth-order valence-corrected chi connectivity index (χ4v) is 3.04. The van der Waals surface area contributed by atoms with Gasteiger partial charge in [0.15, 0.2) is 0 Å². The maximum Gasteiger partial charge on any atom is 0.227 e. The van der Waals surface area contributed by atoms with Crippen LogP contribution in [-0.4, -0.2) is 19.5 Å². The van der Waals surface area contributed by atoms with Crippen LogP contribution in [0.4, 0.5) is 0 Å². The smallest absolute Gasteiger partial charge is 0.227 e. The van der Waals surface area contributed by atoms with E-state index in [0.29, 0.717) is 5.71 Å². The molecule has 0 aliphatic rings. The number of imidazole rings is 1. The first kappa shape index (κ1) is 12.3. The molecule has 0 spiro atoms. The highest BCUT2D eigenvalue weighted by Crippen LogP contribution is 2.31. The Morgan fingerprint density at radius 3 is 2.91 bits per heavy atom. The van der Waals surface area contributed by atoms with Crippen LogP contribution >= 0.6 is 0 Å². The summed E-state index contributed by atoms with van der Waals surface area (Å²) in [6, 6.07) is 12.0. The van der Waals surface area contributed by atoms with Crippen molar-refractivity contribution in [3.8, 4) is 11.4 Å². The number of furan rings is 1. The largest absolute Gasteiger partial charge is 0.438 e. The van der Waals surface area contributed by atoms with Gasteiger partial charge in [-0.05, 0) is 30.3 Å². The van der Waals surface area contributed by atoms with E-state index in [1.807, 2.05) is 42.1 Å². The third-order valence-corrected chi connectivity index (χ3v) is 4.19. The van der Waals surface area contributed by atoms with E-state index in [9.17, 15) is 0 Å². The predicted molar refractivity (Wildman–Crippen MR) is 89.0 cm³/mol. The van der Waals surface area contributed by atoms with E-state index in [2.05, 4.69) is 22.1 Å². The minimum absolute atomic E-state index is 0.661. The molecule has 5 nitrogen and oxygen atoms in total. The SMILES string of the molecule is Cn1c(-c2ccc3c(c2)oc2ncccc23)nc2ccncc21. The van der Waals surface area contributed by atoms with Gasteiger partial charge >= 0.3 is 0 Å². The third-order valence-electron chi connectivity index (χ3n) is 4.19. The number of pyridine rings is 2. The Kier molecular flexibility index (Phi) is 2.36. The van der Waals surface area contributed by atoms with Crippen LogP contribution in [0.5, 0.6) is 0 Å². The molecule has 0 N–H and O–H groups in total. The van der Waals surface area contributed by atoms with E-state index < -0.39 is 0 Å². The molecule has 5 aromatic rings. The van der Waals surface area contributed by atoms with Gasteiger partial charge < -0.3 is 8.98 Å². The van der Waals surface area contributed by atoms with Gasteiger partial charge in [0.25, 0.3) is 0 Å². The van der Waals surface area contributed by atoms with Gasteiger partial charge in [-0.25, -0.2) is 9.97 Å². The molecule has 5 rings (SSSR count). The minimum atomic E-state index is 0.661. The van der Waals surface area contributed by atoms with Crippen molar-refractivity contribution in [3.63, 3.8) is 0 Å². The molecule has 0 aliphatic carbocycles. The van der Waals surface area contributed by atoms with E-state index in [4.69, 9.17) is 9.40 Å². The number of nitrogens with zero attached hydrogens (tertiary/aromatic N) is 4. The number of hydrogen-bond acceptors (Lipinski definition) is 4. The second kappa shape index (κ2) is 4.39. The van der Waals surface area contributed by atoms with Crippen molar-refractivity contribution in [1.29, 1.82) is 0 Å². The Hall–Kier alpha value is -3.21. The van der Waals surface area contributed by atoms with Crippen LogP contribution in [0.2, 0.25) is 0 Å². The lowest BCUT2D eigenvalue weighted by molar-refractivity contribution is 0.654. The van der Waals surface area contributed by atoms with Gasteiger partial charge in [-0.15, -0.1) is 0 Å². The van der Waals surface area contributed by atoms with E-state index in [1.165, 1.54) is 0 Å². The van der Waals surface area contributed by atoms with Gasteiger partial charge in [0, 0.05) is 35.8 Å². The van der Waals surface area contributed by atoms with Crippen molar-refractivity contribution in [3.05, 3.63) is 55.0 Å². The molecule has 0 bridgehead atoms. The van der Waals surface area contributed by atoms with Crippen LogP contribution in [0.15, 0.2) is 59.4 Å². The van der Waals surface area contributed by atoms with Crippen molar-refractivity contribution in [1.82, 2.24) is 19.5 Å². The molecule has 4 aromatic heterocycles. The van der Waals surface area contributed by atoms with Gasteiger partial charge in [0.2, 0.25) is 5.71 Å². The van der Waals surface area contributed by atoms with E-state index in [1.54, 1.807) is 12.4 Å². The summed E-state index contributed by atoms with van der Waals surface area (Å²) in [7, 11) is 2.00. The summed E-state index contributed by atoms with van der Waals surface area (Å²) >= 11 is 0. The van der Waals surface area contributed by atoms with Crippen LogP contribution in [0.1, 0.15) is 0 Å². The van der Waals surface area contributed by atoms with Crippen LogP contribution < -0.4 is 0 Å². The number of benzene rings is 1. The summed E-state index contributed by atoms with van der Waals surface area (Å²) < 4.78 is 7.91. The first-order valence-electron chi connectivity index (χ1n) is 7.35. The normalized spacial score (nSPS) is 11.7. The summed E-state index contributed by atoms with van der Waals surface area (Å²) in [5.41, 5.74) is 4.43. The molecule has 1 aromatic carbocycles. The van der Waals surface area contributed by atoms with Gasteiger partial charge in [-0.2, -0.15) is 0 Å². The lowest BCUT2D eigenvalue weighted by Gasteiger charge is -2.02. The van der Waals surface area contributed by atoms with E-state index in [-0.39, 0.29) is 0 Å². The van der Waals surface area contributed by atoms with Crippen molar-refractivity contribution in [2.24, 2.45) is 7.05 Å². The summed E-state index contributed by atoms with van der Waals surface area (Å²) in [4.78, 5) is 13.2. The molecular weight excluding hydrogens is 288 g/mol. The lowest BCUT2D eigenvalue weighted by Crippen LogP contribution is -1.92. The topological polar surface area (TPSA) is 56.7 Å². The van der Waals surface area contributed by atoms with Gasteiger partial charge in [-0.3, -0.25) is 4.98 Å². The molecule has 23 heavy (non-hydrogen) atoms. The average molecular weight is 300 g/mol. The Bertz CT molecular complexity index is 1190. The second-order valence-electron chi connectivity index (χ2n) is 5.53. The van der Waals surface area contributed by atoms with Crippen LogP contribution in [0.3, 0.4) is 0 Å². The molecule has 110 valence electrons. The predicted octanol–water partition coefficient (Wildman–Crippen LogP) is 3.93. The van der Waals surface area contributed by atoms with Crippen molar-refractivity contribution in [2.45, 2.75) is 0 Å². The van der Waals surface area contributed by atoms with Crippen molar-refractivity contribution >= 4 is 33.1 Å². The lowest BCUT2D eigenvalue weighted by atomic mass is 10.1. The highest BCUT2D eigenvalue weighted by Gasteiger charge is 2.13. The molecule has 0 unspecified atom stereocenters. The van der Waals surface area contributed by atoms with Gasteiger partial charge in [0.1, 0.15) is 11.4 Å². The molecular formula is C18H12N4O. The van der Waals surface area contributed by atoms with Crippen molar-refractivity contribution < 1.29 is 4.42 Å². The Labute approximate surface area is 131 Å². The fourth-order valence-electron chi connectivity index (χ4n) is 3.04. The molecule has 0 atom stereocenters. The van der Waals surface area contributed by atoms with Gasteiger partial charge in [-0.1, -0.05) is 6.07 Å². The average Bonchev–Trinajstić information content (AvgIpc) is 3.12. The Morgan fingerprint density at radius 1 is 1.04 bits per heavy atom. The first-order chi connectivity index (χ1) is 11.3. The summed E-state index contributed by atoms with van der Waals surface area (Å²) in [5.74, 6) is 0.892. The van der Waals surface area contributed by atoms with Crippen LogP contribution in [-0.2, 0) is 7.05 Å². The Balaban J connectivity index is 1.78.